The Morgan fingerprint density at radius 3 is 2.86 bits per heavy atom. The predicted molar refractivity (Wildman–Crippen MR) is 94.0 cm³/mol. The molecule has 1 atom stereocenters. The molecule has 22 heavy (non-hydrogen) atoms. The lowest BCUT2D eigenvalue weighted by Gasteiger charge is -2.47. The number of anilines is 1. The molecule has 0 aliphatic carbocycles. The minimum Gasteiger partial charge on any atom is -0.375 e. The first-order chi connectivity index (χ1) is 10.3. The lowest BCUT2D eigenvalue weighted by atomic mass is 9.79. The summed E-state index contributed by atoms with van der Waals surface area (Å²) in [6, 6.07) is 3.48. The van der Waals surface area contributed by atoms with Gasteiger partial charge >= 0.3 is 0 Å². The Hall–Kier alpha value is -1.69. The second-order valence-electron chi connectivity index (χ2n) is 6.33. The Balaban J connectivity index is 2.44. The van der Waals surface area contributed by atoms with E-state index in [1.807, 2.05) is 6.07 Å². The number of hydrogen-bond donors (Lipinski definition) is 2. The summed E-state index contributed by atoms with van der Waals surface area (Å²) in [5.74, 6) is 0.0692. The normalized spacial score (nSPS) is 20.0. The molecule has 1 aliphatic rings. The van der Waals surface area contributed by atoms with Crippen molar-refractivity contribution in [3.05, 3.63) is 29.1 Å². The Morgan fingerprint density at radius 1 is 1.59 bits per heavy atom. The summed E-state index contributed by atoms with van der Waals surface area (Å²) in [6.45, 7) is 9.54. The summed E-state index contributed by atoms with van der Waals surface area (Å²) < 4.78 is 14.4. The monoisotopic (exact) mass is 322 g/mol. The number of rotatable bonds is 3. The van der Waals surface area contributed by atoms with Crippen LogP contribution < -0.4 is 16.1 Å². The largest absolute Gasteiger partial charge is 0.375 e. The van der Waals surface area contributed by atoms with Crippen LogP contribution in [0, 0.1) is 5.82 Å². The van der Waals surface area contributed by atoms with Crippen LogP contribution in [-0.4, -0.2) is 23.4 Å². The van der Waals surface area contributed by atoms with Gasteiger partial charge < -0.3 is 10.6 Å². The molecule has 0 radical (unpaired) electrons. The van der Waals surface area contributed by atoms with Gasteiger partial charge in [-0.05, 0) is 63.0 Å². The fourth-order valence-electron chi connectivity index (χ4n) is 3.38. The van der Waals surface area contributed by atoms with Crippen LogP contribution in [0.15, 0.2) is 17.2 Å². The van der Waals surface area contributed by atoms with Gasteiger partial charge in [-0.2, -0.15) is 5.10 Å². The van der Waals surface area contributed by atoms with Crippen LogP contribution in [0.25, 0.3) is 0 Å². The molecule has 1 aromatic rings. The fourth-order valence-corrected chi connectivity index (χ4v) is 3.44. The van der Waals surface area contributed by atoms with Crippen molar-refractivity contribution in [2.45, 2.75) is 45.6 Å². The number of nitrogens with one attached hydrogen (secondary N) is 1. The van der Waals surface area contributed by atoms with Crippen molar-refractivity contribution in [3.8, 4) is 0 Å². The van der Waals surface area contributed by atoms with Crippen molar-refractivity contribution in [1.29, 1.82) is 0 Å². The van der Waals surface area contributed by atoms with Gasteiger partial charge in [0.05, 0.1) is 6.21 Å². The van der Waals surface area contributed by atoms with E-state index >= 15 is 0 Å². The molecule has 0 saturated carbocycles. The second kappa shape index (κ2) is 6.20. The lowest BCUT2D eigenvalue weighted by Crippen LogP contribution is -2.48. The molecule has 1 heterocycles. The summed E-state index contributed by atoms with van der Waals surface area (Å²) in [4.78, 5) is 2.26. The fraction of sp³-hybridized carbons (Fsp3) is 0.500. The summed E-state index contributed by atoms with van der Waals surface area (Å²) in [5.41, 5.74) is 10.3. The minimum atomic E-state index is -0.296. The SMILES string of the molecule is CCN1c2cc(F)c(/C=N\NC(N)=S)cc2C(C)CC1(C)C. The highest BCUT2D eigenvalue weighted by Crippen LogP contribution is 2.43. The van der Waals surface area contributed by atoms with E-state index in [2.05, 4.69) is 55.3 Å². The first kappa shape index (κ1) is 16.7. The highest BCUT2D eigenvalue weighted by Gasteiger charge is 2.35. The van der Waals surface area contributed by atoms with Gasteiger partial charge in [-0.1, -0.05) is 6.92 Å². The molecule has 1 aliphatic heterocycles. The van der Waals surface area contributed by atoms with Crippen LogP contribution in [0.1, 0.15) is 51.2 Å². The zero-order valence-corrected chi connectivity index (χ0v) is 14.3. The van der Waals surface area contributed by atoms with E-state index in [9.17, 15) is 4.39 Å². The molecule has 1 unspecified atom stereocenters. The van der Waals surface area contributed by atoms with Crippen LogP contribution in [0.3, 0.4) is 0 Å². The quantitative estimate of drug-likeness (QED) is 0.510. The van der Waals surface area contributed by atoms with Gasteiger partial charge in [-0.3, -0.25) is 5.43 Å². The van der Waals surface area contributed by atoms with E-state index < -0.39 is 0 Å². The van der Waals surface area contributed by atoms with E-state index in [4.69, 9.17) is 5.73 Å². The second-order valence-corrected chi connectivity index (χ2v) is 6.77. The van der Waals surface area contributed by atoms with Crippen molar-refractivity contribution in [1.82, 2.24) is 5.43 Å². The molecule has 0 fully saturated rings. The van der Waals surface area contributed by atoms with E-state index in [-0.39, 0.29) is 16.5 Å². The van der Waals surface area contributed by atoms with Crippen molar-refractivity contribution >= 4 is 29.2 Å². The molecular formula is C16H23FN4S. The predicted octanol–water partition coefficient (Wildman–Crippen LogP) is 3.10. The summed E-state index contributed by atoms with van der Waals surface area (Å²) in [5, 5.41) is 3.91. The van der Waals surface area contributed by atoms with Crippen molar-refractivity contribution in [2.75, 3.05) is 11.4 Å². The van der Waals surface area contributed by atoms with Gasteiger partial charge in [-0.25, -0.2) is 4.39 Å². The number of hydrazone groups is 1. The molecule has 0 bridgehead atoms. The van der Waals surface area contributed by atoms with Crippen molar-refractivity contribution in [3.63, 3.8) is 0 Å². The van der Waals surface area contributed by atoms with Gasteiger partial charge in [0, 0.05) is 23.3 Å². The average molecular weight is 322 g/mol. The number of benzene rings is 1. The number of hydrogen-bond acceptors (Lipinski definition) is 3. The Morgan fingerprint density at radius 2 is 2.27 bits per heavy atom. The molecule has 0 amide bonds. The van der Waals surface area contributed by atoms with Gasteiger partial charge in [0.1, 0.15) is 5.82 Å². The topological polar surface area (TPSA) is 53.6 Å². The highest BCUT2D eigenvalue weighted by atomic mass is 32.1. The number of thiocarbonyl (C=S) groups is 1. The molecular weight excluding hydrogens is 299 g/mol. The molecule has 1 aromatic carbocycles. The molecule has 0 spiro atoms. The lowest BCUT2D eigenvalue weighted by molar-refractivity contribution is 0.380. The van der Waals surface area contributed by atoms with Crippen LogP contribution in [0.4, 0.5) is 10.1 Å². The van der Waals surface area contributed by atoms with Crippen LogP contribution >= 0.6 is 12.2 Å². The standard InChI is InChI=1S/C16H23FN4S/c1-5-21-14-7-13(17)11(9-19-20-15(18)22)6-12(14)10(2)8-16(21,3)4/h6-7,9-10H,5,8H2,1-4H3,(H3,18,20,22)/b19-9-. The maximum atomic E-state index is 14.4. The van der Waals surface area contributed by atoms with Gasteiger partial charge in [0.25, 0.3) is 0 Å². The summed E-state index contributed by atoms with van der Waals surface area (Å²) in [7, 11) is 0. The molecule has 0 saturated heterocycles. The van der Waals surface area contributed by atoms with E-state index in [0.29, 0.717) is 11.5 Å². The average Bonchev–Trinajstić information content (AvgIpc) is 2.39. The number of fused-ring (bicyclic) bond motifs is 1. The van der Waals surface area contributed by atoms with Gasteiger partial charge in [-0.15, -0.1) is 0 Å². The smallest absolute Gasteiger partial charge is 0.184 e. The van der Waals surface area contributed by atoms with Crippen LogP contribution in [0.2, 0.25) is 0 Å². The van der Waals surface area contributed by atoms with Crippen LogP contribution in [-0.2, 0) is 0 Å². The Labute approximate surface area is 136 Å². The first-order valence-electron chi connectivity index (χ1n) is 7.46. The number of nitrogens with two attached hydrogens (primary N) is 1. The van der Waals surface area contributed by atoms with Crippen molar-refractivity contribution in [2.24, 2.45) is 10.8 Å². The van der Waals surface area contributed by atoms with Gasteiger partial charge in [0.15, 0.2) is 5.11 Å². The number of halogens is 1. The Bertz CT molecular complexity index is 612. The van der Waals surface area contributed by atoms with Gasteiger partial charge in [0.2, 0.25) is 0 Å². The maximum absolute atomic E-state index is 14.4. The Kier molecular flexibility index (Phi) is 4.70. The third-order valence-corrected chi connectivity index (χ3v) is 4.29. The zero-order chi connectivity index (χ0) is 16.5. The first-order valence-corrected chi connectivity index (χ1v) is 7.86. The molecule has 4 nitrogen and oxygen atoms in total. The zero-order valence-electron chi connectivity index (χ0n) is 13.5. The molecule has 6 heteroatoms. The molecule has 0 aromatic heterocycles. The summed E-state index contributed by atoms with van der Waals surface area (Å²) >= 11 is 4.67. The minimum absolute atomic E-state index is 0.0243. The third-order valence-electron chi connectivity index (χ3n) is 4.20. The highest BCUT2D eigenvalue weighted by molar-refractivity contribution is 7.80. The van der Waals surface area contributed by atoms with E-state index in [0.717, 1.165) is 24.2 Å². The molecule has 3 N–H and O–H groups in total. The third kappa shape index (κ3) is 3.21. The van der Waals surface area contributed by atoms with E-state index in [1.54, 1.807) is 6.07 Å². The maximum Gasteiger partial charge on any atom is 0.184 e. The van der Waals surface area contributed by atoms with E-state index in [1.165, 1.54) is 6.21 Å². The molecule has 120 valence electrons. The molecule has 2 rings (SSSR count). The number of nitrogens with zero attached hydrogens (tertiary/aromatic N) is 2. The van der Waals surface area contributed by atoms with Crippen molar-refractivity contribution < 1.29 is 4.39 Å². The van der Waals surface area contributed by atoms with Crippen LogP contribution in [0.5, 0.6) is 0 Å². The summed E-state index contributed by atoms with van der Waals surface area (Å²) in [6.07, 6.45) is 2.44.